The van der Waals surface area contributed by atoms with Crippen molar-refractivity contribution in [1.29, 1.82) is 0 Å². The van der Waals surface area contributed by atoms with E-state index >= 15 is 0 Å². The molecule has 0 saturated carbocycles. The molecule has 0 N–H and O–H groups in total. The topological polar surface area (TPSA) is 13.0 Å². The Labute approximate surface area is 730 Å². The van der Waals surface area contributed by atoms with Crippen molar-refractivity contribution in [2.45, 2.75) is 116 Å². The van der Waals surface area contributed by atoms with E-state index in [4.69, 9.17) is 0 Å². The average Bonchev–Trinajstić information content (AvgIpc) is 1.54. The van der Waals surface area contributed by atoms with E-state index < -0.39 is 0 Å². The fourth-order valence-electron chi connectivity index (χ4n) is 22.8. The number of benzene rings is 17. The van der Waals surface area contributed by atoms with Crippen LogP contribution < -0.4 is 19.6 Å². The molecular formula is C120H98N4. The highest BCUT2D eigenvalue weighted by Gasteiger charge is 2.45. The lowest BCUT2D eigenvalue weighted by molar-refractivity contribution is 0.652. The van der Waals surface area contributed by atoms with E-state index in [1.54, 1.807) is 0 Å². The molecule has 0 aliphatic heterocycles. The first-order valence-electron chi connectivity index (χ1n) is 44.2. The van der Waals surface area contributed by atoms with Crippen molar-refractivity contribution in [1.82, 2.24) is 0 Å². The smallest absolute Gasteiger partial charge is 0.0488 e. The highest BCUT2D eigenvalue weighted by molar-refractivity contribution is 5.98. The fraction of sp³-hybridized carbons (Fsp3) is 0.150. The maximum Gasteiger partial charge on any atom is 0.0488 e. The van der Waals surface area contributed by atoms with Gasteiger partial charge in [0.25, 0.3) is 0 Å². The number of rotatable bonds is 14. The van der Waals surface area contributed by atoms with Crippen molar-refractivity contribution in [3.05, 3.63) is 443 Å². The standard InChI is InChI=1S/C120H98N4/c1-115(2)103-45-29-25-41-91(103)95-56-51-83(69-109(95)115)121(79-33-17-13-18-34-79)87-61-77(62-88(67-87)122(80-35-19-14-20-36-80)84-52-57-96-92-42-26-30-46-104(92)116(3,4)110(96)70-84)75-50-60-107-100(65-75)102-74-113-101(73-114(102)119(107,9)10)99-55-49-76(66-108(99)120(113,11)12)78-63-89(123(81-37-21-15-22-38-81)85-53-58-97-93-43-27-31-47-105(93)117(5,6)111(97)71-85)68-90(64-78)124(82-39-23-16-24-40-82)86-54-59-98-94-44-28-32-48-106(94)118(7,8)112(98)72-86/h13-74H,1-12H3. The van der Waals surface area contributed by atoms with Gasteiger partial charge >= 0.3 is 0 Å². The summed E-state index contributed by atoms with van der Waals surface area (Å²) < 4.78 is 0. The second-order valence-electron chi connectivity index (χ2n) is 38.5. The average molecular weight is 1600 g/mol. The van der Waals surface area contributed by atoms with Gasteiger partial charge in [0.05, 0.1) is 0 Å². The summed E-state index contributed by atoms with van der Waals surface area (Å²) >= 11 is 0. The van der Waals surface area contributed by atoms with Crippen molar-refractivity contribution in [2.75, 3.05) is 19.6 Å². The largest absolute Gasteiger partial charge is 0.310 e. The lowest BCUT2D eigenvalue weighted by Gasteiger charge is -2.32. The van der Waals surface area contributed by atoms with E-state index in [1.807, 2.05) is 0 Å². The van der Waals surface area contributed by atoms with Gasteiger partial charge in [-0.2, -0.15) is 0 Å². The first-order chi connectivity index (χ1) is 60.0. The lowest BCUT2D eigenvalue weighted by Crippen LogP contribution is -2.18. The summed E-state index contributed by atoms with van der Waals surface area (Å²) in [5.41, 5.74) is 47.9. The van der Waals surface area contributed by atoms with Gasteiger partial charge in [-0.15, -0.1) is 0 Å². The summed E-state index contributed by atoms with van der Waals surface area (Å²) in [6.07, 6.45) is 0. The summed E-state index contributed by atoms with van der Waals surface area (Å²) in [5, 5.41) is 0. The predicted molar refractivity (Wildman–Crippen MR) is 521 cm³/mol. The molecular weight excluding hydrogens is 1500 g/mol. The van der Waals surface area contributed by atoms with Gasteiger partial charge in [-0.1, -0.05) is 301 Å². The van der Waals surface area contributed by atoms with Gasteiger partial charge in [-0.05, 0) is 314 Å². The van der Waals surface area contributed by atoms with E-state index in [1.165, 1.54) is 134 Å². The van der Waals surface area contributed by atoms with E-state index in [0.717, 1.165) is 90.5 Å². The monoisotopic (exact) mass is 1590 g/mol. The van der Waals surface area contributed by atoms with Crippen LogP contribution in [0.25, 0.3) is 89.0 Å². The maximum atomic E-state index is 2.60. The van der Waals surface area contributed by atoms with Crippen molar-refractivity contribution in [3.63, 3.8) is 0 Å². The van der Waals surface area contributed by atoms with Crippen LogP contribution in [0.4, 0.5) is 68.2 Å². The molecule has 0 unspecified atom stereocenters. The third kappa shape index (κ3) is 11.2. The Balaban J connectivity index is 0.677. The zero-order valence-corrected chi connectivity index (χ0v) is 72.6. The molecule has 0 amide bonds. The molecule has 0 radical (unpaired) electrons. The Kier molecular flexibility index (Phi) is 16.5. The molecule has 0 fully saturated rings. The van der Waals surface area contributed by atoms with Crippen LogP contribution in [-0.2, 0) is 32.5 Å². The highest BCUT2D eigenvalue weighted by Crippen LogP contribution is 2.61. The normalized spacial score (nSPS) is 15.3. The van der Waals surface area contributed by atoms with Crippen LogP contribution >= 0.6 is 0 Å². The van der Waals surface area contributed by atoms with E-state index in [0.29, 0.717) is 0 Å². The van der Waals surface area contributed by atoms with Gasteiger partial charge in [0.15, 0.2) is 0 Å². The molecule has 0 spiro atoms. The van der Waals surface area contributed by atoms with Crippen LogP contribution in [0.15, 0.2) is 376 Å². The molecule has 6 aliphatic carbocycles. The lowest BCUT2D eigenvalue weighted by atomic mass is 9.79. The summed E-state index contributed by atoms with van der Waals surface area (Å²) in [7, 11) is 0. The Hall–Kier alpha value is -14.1. The first-order valence-corrected chi connectivity index (χ1v) is 44.2. The van der Waals surface area contributed by atoms with E-state index in [-0.39, 0.29) is 32.5 Å². The molecule has 0 heterocycles. The second-order valence-corrected chi connectivity index (χ2v) is 38.5. The number of para-hydroxylation sites is 4. The number of fused-ring (bicyclic) bond motifs is 18. The Morgan fingerprint density at radius 2 is 0.331 bits per heavy atom. The zero-order valence-electron chi connectivity index (χ0n) is 72.6. The molecule has 17 aromatic carbocycles. The van der Waals surface area contributed by atoms with Gasteiger partial charge in [0.1, 0.15) is 0 Å². The minimum Gasteiger partial charge on any atom is -0.310 e. The number of hydrogen-bond acceptors (Lipinski definition) is 4. The highest BCUT2D eigenvalue weighted by atomic mass is 15.2. The minimum atomic E-state index is -0.382. The van der Waals surface area contributed by atoms with Crippen LogP contribution in [0, 0.1) is 0 Å². The van der Waals surface area contributed by atoms with Gasteiger partial charge < -0.3 is 19.6 Å². The van der Waals surface area contributed by atoms with E-state index in [9.17, 15) is 0 Å². The molecule has 0 atom stereocenters. The maximum absolute atomic E-state index is 2.60. The van der Waals surface area contributed by atoms with Crippen LogP contribution in [0.1, 0.15) is 150 Å². The second kappa shape index (κ2) is 27.2. The van der Waals surface area contributed by atoms with Gasteiger partial charge in [0, 0.05) is 101 Å². The Morgan fingerprint density at radius 1 is 0.121 bits per heavy atom. The van der Waals surface area contributed by atoms with Gasteiger partial charge in [-0.25, -0.2) is 0 Å². The van der Waals surface area contributed by atoms with Crippen LogP contribution in [0.5, 0.6) is 0 Å². The molecule has 124 heavy (non-hydrogen) atoms. The first kappa shape index (κ1) is 75.0. The molecule has 4 heteroatoms. The van der Waals surface area contributed by atoms with Gasteiger partial charge in [0.2, 0.25) is 0 Å². The summed E-state index contributed by atoms with van der Waals surface area (Å²) in [5.74, 6) is 0. The summed E-state index contributed by atoms with van der Waals surface area (Å²) in [4.78, 5) is 9.99. The number of hydrogen-bond donors (Lipinski definition) is 0. The van der Waals surface area contributed by atoms with Crippen molar-refractivity contribution >= 4 is 68.2 Å². The van der Waals surface area contributed by atoms with Crippen LogP contribution in [0.3, 0.4) is 0 Å². The number of anilines is 12. The Bertz CT molecular complexity index is 6960. The quantitative estimate of drug-likeness (QED) is 0.108. The van der Waals surface area contributed by atoms with Gasteiger partial charge in [-0.3, -0.25) is 0 Å². The predicted octanol–water partition coefficient (Wildman–Crippen LogP) is 32.7. The molecule has 598 valence electrons. The molecule has 4 nitrogen and oxygen atoms in total. The molecule has 0 aromatic heterocycles. The summed E-state index contributed by atoms with van der Waals surface area (Å²) in [6, 6.07) is 143. The number of nitrogens with zero attached hydrogens (tertiary/aromatic N) is 4. The molecule has 23 rings (SSSR count). The van der Waals surface area contributed by atoms with Crippen LogP contribution in [0.2, 0.25) is 0 Å². The van der Waals surface area contributed by atoms with Crippen molar-refractivity contribution in [2.24, 2.45) is 0 Å². The third-order valence-electron chi connectivity index (χ3n) is 29.3. The SMILES string of the molecule is CC1(C)c2ccccc2-c2ccc(N(c3ccccc3)c3cc(-c4ccc5c(c4)-c4cc6c(cc4C5(C)C)-c4ccc(-c5cc(N(c7ccccc7)c7ccc8c(c7)C(C)(C)c7ccccc7-8)cc(N(c7ccccc7)c7ccc8c(c7)C(C)(C)c7ccccc7-8)c5)cc4C6(C)C)cc(N(c4ccccc4)c4ccc5c(c4)C(C)(C)c4ccccc4-5)c3)cc21. The zero-order chi connectivity index (χ0) is 84.2. The van der Waals surface area contributed by atoms with Crippen LogP contribution in [-0.4, -0.2) is 0 Å². The third-order valence-corrected chi connectivity index (χ3v) is 29.3. The van der Waals surface area contributed by atoms with Crippen molar-refractivity contribution in [3.8, 4) is 89.0 Å². The molecule has 0 bridgehead atoms. The minimum absolute atomic E-state index is 0.206. The Morgan fingerprint density at radius 3 is 0.645 bits per heavy atom. The fourth-order valence-corrected chi connectivity index (χ4v) is 22.8. The molecule has 6 aliphatic rings. The molecule has 0 saturated heterocycles. The van der Waals surface area contributed by atoms with Crippen molar-refractivity contribution < 1.29 is 0 Å². The van der Waals surface area contributed by atoms with E-state index in [2.05, 4.69) is 479 Å². The summed E-state index contributed by atoms with van der Waals surface area (Å²) in [6.45, 7) is 28.9. The molecule has 17 aromatic rings.